The van der Waals surface area contributed by atoms with Crippen molar-refractivity contribution >= 4 is 23.5 Å². The van der Waals surface area contributed by atoms with E-state index in [1.165, 1.54) is 0 Å². The van der Waals surface area contributed by atoms with Crippen molar-refractivity contribution in [3.8, 4) is 0 Å². The van der Waals surface area contributed by atoms with E-state index in [0.717, 1.165) is 5.56 Å². The largest absolute Gasteiger partial charge is 0.465 e. The predicted molar refractivity (Wildman–Crippen MR) is 115 cm³/mol. The van der Waals surface area contributed by atoms with E-state index >= 15 is 0 Å². The molecular formula is C23H35NO6. The second-order valence-corrected chi connectivity index (χ2v) is 8.65. The number of ether oxygens (including phenoxy) is 2. The van der Waals surface area contributed by atoms with Crippen molar-refractivity contribution < 1.29 is 29.0 Å². The van der Waals surface area contributed by atoms with Crippen LogP contribution >= 0.6 is 0 Å². The average molecular weight is 422 g/mol. The summed E-state index contributed by atoms with van der Waals surface area (Å²) in [6.45, 7) is 10.9. The summed E-state index contributed by atoms with van der Waals surface area (Å²) in [5.74, 6) is -1.83. The Bertz CT molecular complexity index is 705. The molecule has 0 saturated carbocycles. The number of ketones is 1. The topological polar surface area (TPSA) is 102 Å². The number of esters is 1. The Kier molecular flexibility index (Phi) is 9.99. The van der Waals surface area contributed by atoms with E-state index in [-0.39, 0.29) is 24.7 Å². The molecule has 7 nitrogen and oxygen atoms in total. The van der Waals surface area contributed by atoms with E-state index in [1.54, 1.807) is 39.8 Å². The third kappa shape index (κ3) is 9.39. The van der Waals surface area contributed by atoms with Gasteiger partial charge in [0.05, 0.1) is 12.7 Å². The van der Waals surface area contributed by atoms with Gasteiger partial charge < -0.3 is 14.6 Å². The second-order valence-electron chi connectivity index (χ2n) is 8.65. The van der Waals surface area contributed by atoms with Crippen LogP contribution in [0.5, 0.6) is 0 Å². The minimum absolute atomic E-state index is 0.0678. The van der Waals surface area contributed by atoms with Crippen molar-refractivity contribution in [3.05, 3.63) is 29.8 Å². The molecule has 0 heterocycles. The van der Waals surface area contributed by atoms with Crippen LogP contribution in [0.4, 0.5) is 10.5 Å². The van der Waals surface area contributed by atoms with Gasteiger partial charge in [0.2, 0.25) is 0 Å². The van der Waals surface area contributed by atoms with Crippen LogP contribution in [0.25, 0.3) is 0 Å². The Morgan fingerprint density at radius 2 is 1.70 bits per heavy atom. The zero-order valence-electron chi connectivity index (χ0n) is 18.9. The molecule has 0 bridgehead atoms. The molecule has 168 valence electrons. The predicted octanol–water partition coefficient (Wildman–Crippen LogP) is 4.12. The summed E-state index contributed by atoms with van der Waals surface area (Å²) in [6.07, 6.45) is -0.611. The summed E-state index contributed by atoms with van der Waals surface area (Å²) in [6, 6.07) is 7.12. The molecule has 0 fully saturated rings. The van der Waals surface area contributed by atoms with Crippen LogP contribution in [0, 0.1) is 11.8 Å². The molecule has 1 amide bonds. The van der Waals surface area contributed by atoms with Crippen molar-refractivity contribution in [2.24, 2.45) is 11.8 Å². The Hall–Kier alpha value is -2.41. The first-order valence-electron chi connectivity index (χ1n) is 10.4. The first-order chi connectivity index (χ1) is 13.9. The lowest BCUT2D eigenvalue weighted by molar-refractivity contribution is -0.152. The number of aliphatic hydroxyl groups excluding tert-OH is 1. The van der Waals surface area contributed by atoms with E-state index in [0.29, 0.717) is 18.5 Å². The monoisotopic (exact) mass is 421 g/mol. The van der Waals surface area contributed by atoms with Crippen molar-refractivity contribution in [2.45, 2.75) is 72.5 Å². The van der Waals surface area contributed by atoms with Crippen molar-refractivity contribution in [2.75, 3.05) is 11.9 Å². The molecule has 2 atom stereocenters. The quantitative estimate of drug-likeness (QED) is 0.435. The Morgan fingerprint density at radius 1 is 1.10 bits per heavy atom. The van der Waals surface area contributed by atoms with E-state index in [4.69, 9.17) is 9.47 Å². The first-order valence-corrected chi connectivity index (χ1v) is 10.4. The van der Waals surface area contributed by atoms with Crippen LogP contribution in [-0.4, -0.2) is 41.3 Å². The van der Waals surface area contributed by atoms with Gasteiger partial charge in [-0.25, -0.2) is 4.79 Å². The van der Waals surface area contributed by atoms with Gasteiger partial charge in [0, 0.05) is 12.1 Å². The maximum atomic E-state index is 12.6. The number of aryl methyl sites for hydroxylation is 1. The maximum absolute atomic E-state index is 12.6. The number of hydrogen-bond acceptors (Lipinski definition) is 6. The fourth-order valence-electron chi connectivity index (χ4n) is 2.72. The average Bonchev–Trinajstić information content (AvgIpc) is 2.61. The first kappa shape index (κ1) is 25.6. The summed E-state index contributed by atoms with van der Waals surface area (Å²) in [5, 5.41) is 12.7. The normalized spacial score (nSPS) is 13.5. The van der Waals surface area contributed by atoms with E-state index in [1.807, 2.05) is 26.0 Å². The minimum atomic E-state index is -0.905. The fraction of sp³-hybridized carbons (Fsp3) is 0.609. The molecule has 1 aromatic carbocycles. The van der Waals surface area contributed by atoms with Gasteiger partial charge in [-0.05, 0) is 64.2 Å². The SMILES string of the molecule is CCOC(=O)C(CCc1ccc(NC(=O)OC(C)(C)C)cc1)C(=O)CC(O)C(C)C. The minimum Gasteiger partial charge on any atom is -0.465 e. The smallest absolute Gasteiger partial charge is 0.412 e. The molecule has 1 aromatic rings. The van der Waals surface area contributed by atoms with Gasteiger partial charge in [-0.2, -0.15) is 0 Å². The number of amides is 1. The summed E-state index contributed by atoms with van der Waals surface area (Å²) < 4.78 is 10.3. The van der Waals surface area contributed by atoms with Crippen LogP contribution < -0.4 is 5.32 Å². The lowest BCUT2D eigenvalue weighted by Crippen LogP contribution is -2.31. The van der Waals surface area contributed by atoms with E-state index in [2.05, 4.69) is 5.32 Å². The van der Waals surface area contributed by atoms with Gasteiger partial charge >= 0.3 is 12.1 Å². The highest BCUT2D eigenvalue weighted by molar-refractivity contribution is 5.99. The Morgan fingerprint density at radius 3 is 2.20 bits per heavy atom. The molecule has 0 aliphatic carbocycles. The van der Waals surface area contributed by atoms with Gasteiger partial charge in [-0.15, -0.1) is 0 Å². The Labute approximate surface area is 179 Å². The van der Waals surface area contributed by atoms with Crippen molar-refractivity contribution in [3.63, 3.8) is 0 Å². The van der Waals surface area contributed by atoms with Gasteiger partial charge in [-0.3, -0.25) is 14.9 Å². The summed E-state index contributed by atoms with van der Waals surface area (Å²) in [7, 11) is 0. The molecule has 30 heavy (non-hydrogen) atoms. The number of aliphatic hydroxyl groups is 1. The summed E-state index contributed by atoms with van der Waals surface area (Å²) in [5.41, 5.74) is 0.921. The number of Topliss-reactive ketones (excluding diaryl/α,β-unsaturated/α-hetero) is 1. The van der Waals surface area contributed by atoms with Crippen LogP contribution in [0.3, 0.4) is 0 Å². The van der Waals surface area contributed by atoms with Crippen LogP contribution in [-0.2, 0) is 25.5 Å². The Balaban J connectivity index is 2.73. The molecule has 0 aromatic heterocycles. The standard InChI is InChI=1S/C23H35NO6/c1-7-29-21(27)18(20(26)14-19(25)15(2)3)13-10-16-8-11-17(12-9-16)24-22(28)30-23(4,5)6/h8-9,11-12,15,18-19,25H,7,10,13-14H2,1-6H3,(H,24,28). The summed E-state index contributed by atoms with van der Waals surface area (Å²) >= 11 is 0. The van der Waals surface area contributed by atoms with Gasteiger partial charge in [0.1, 0.15) is 17.3 Å². The van der Waals surface area contributed by atoms with Crippen molar-refractivity contribution in [1.82, 2.24) is 0 Å². The van der Waals surface area contributed by atoms with E-state index in [9.17, 15) is 19.5 Å². The molecule has 0 aliphatic rings. The third-order valence-corrected chi connectivity index (χ3v) is 4.46. The number of nitrogens with one attached hydrogen (secondary N) is 1. The fourth-order valence-corrected chi connectivity index (χ4v) is 2.72. The number of anilines is 1. The molecule has 2 N–H and O–H groups in total. The molecule has 0 aliphatic heterocycles. The number of hydrogen-bond donors (Lipinski definition) is 2. The lowest BCUT2D eigenvalue weighted by Gasteiger charge is -2.20. The zero-order chi connectivity index (χ0) is 22.9. The second kappa shape index (κ2) is 11.7. The highest BCUT2D eigenvalue weighted by Gasteiger charge is 2.29. The molecule has 0 spiro atoms. The van der Waals surface area contributed by atoms with Gasteiger partial charge in [0.15, 0.2) is 0 Å². The van der Waals surface area contributed by atoms with Crippen molar-refractivity contribution in [1.29, 1.82) is 0 Å². The number of rotatable bonds is 10. The van der Waals surface area contributed by atoms with Crippen LogP contribution in [0.2, 0.25) is 0 Å². The lowest BCUT2D eigenvalue weighted by atomic mass is 9.90. The maximum Gasteiger partial charge on any atom is 0.412 e. The van der Waals surface area contributed by atoms with Gasteiger partial charge in [0.25, 0.3) is 0 Å². The summed E-state index contributed by atoms with van der Waals surface area (Å²) in [4.78, 5) is 36.7. The third-order valence-electron chi connectivity index (χ3n) is 4.46. The molecule has 0 saturated heterocycles. The molecular weight excluding hydrogens is 386 g/mol. The van der Waals surface area contributed by atoms with E-state index < -0.39 is 29.7 Å². The highest BCUT2D eigenvalue weighted by Crippen LogP contribution is 2.19. The van der Waals surface area contributed by atoms with Gasteiger partial charge in [-0.1, -0.05) is 26.0 Å². The molecule has 1 rings (SSSR count). The zero-order valence-corrected chi connectivity index (χ0v) is 18.9. The van der Waals surface area contributed by atoms with Crippen LogP contribution in [0.1, 0.15) is 59.9 Å². The number of carbonyl (C=O) groups is 3. The molecule has 7 heteroatoms. The number of carbonyl (C=O) groups excluding carboxylic acids is 3. The molecule has 0 radical (unpaired) electrons. The van der Waals surface area contributed by atoms with Crippen LogP contribution in [0.15, 0.2) is 24.3 Å². The number of benzene rings is 1. The highest BCUT2D eigenvalue weighted by atomic mass is 16.6. The molecule has 2 unspecified atom stereocenters.